The maximum atomic E-state index is 2.55. The number of aromatic nitrogens is 1. The van der Waals surface area contributed by atoms with E-state index < -0.39 is 0 Å². The number of hydrogen-bond donors (Lipinski definition) is 0. The highest BCUT2D eigenvalue weighted by Crippen LogP contribution is 2.54. The zero-order valence-electron chi connectivity index (χ0n) is 27.6. The monoisotopic (exact) mass is 586 g/mol. The molecule has 43 heavy (non-hydrogen) atoms. The molecule has 0 unspecified atom stereocenters. The fourth-order valence-corrected chi connectivity index (χ4v) is 9.39. The predicted molar refractivity (Wildman–Crippen MR) is 187 cm³/mol. The van der Waals surface area contributed by atoms with Crippen molar-refractivity contribution in [1.29, 1.82) is 0 Å². The normalized spacial score (nSPS) is 15.9. The Hall–Kier alpha value is -2.84. The average molecular weight is 587 g/mol. The molecule has 0 spiro atoms. The van der Waals surface area contributed by atoms with Crippen LogP contribution in [0.4, 0.5) is 0 Å². The quantitative estimate of drug-likeness (QED) is 0.147. The van der Waals surface area contributed by atoms with Crippen LogP contribution in [-0.2, 0) is 19.9 Å². The summed E-state index contributed by atoms with van der Waals surface area (Å²) >= 11 is 2.03. The molecule has 2 heteroatoms. The minimum absolute atomic E-state index is 0.188. The van der Waals surface area contributed by atoms with E-state index in [4.69, 9.17) is 0 Å². The van der Waals surface area contributed by atoms with Crippen LogP contribution in [0.2, 0.25) is 0 Å². The van der Waals surface area contributed by atoms with Crippen LogP contribution in [-0.4, -0.2) is 0 Å². The molecule has 1 saturated carbocycles. The van der Waals surface area contributed by atoms with Crippen molar-refractivity contribution in [3.05, 3.63) is 77.0 Å². The summed E-state index contributed by atoms with van der Waals surface area (Å²) in [4.78, 5) is 2.88. The Morgan fingerprint density at radius 2 is 1.51 bits per heavy atom. The minimum atomic E-state index is 0.188. The summed E-state index contributed by atoms with van der Waals surface area (Å²) in [6.45, 7) is 16.6. The van der Waals surface area contributed by atoms with E-state index in [2.05, 4.69) is 115 Å². The fourth-order valence-electron chi connectivity index (χ4n) is 8.02. The van der Waals surface area contributed by atoms with Crippen molar-refractivity contribution >= 4 is 44.1 Å². The molecule has 7 rings (SSSR count). The number of pyridine rings is 1. The number of aryl methyl sites for hydroxylation is 2. The van der Waals surface area contributed by atoms with E-state index in [9.17, 15) is 0 Å². The zero-order chi connectivity index (χ0) is 30.3. The lowest BCUT2D eigenvalue weighted by molar-refractivity contribution is -0.659. The molecule has 1 aliphatic heterocycles. The van der Waals surface area contributed by atoms with Crippen LogP contribution < -0.4 is 4.57 Å². The summed E-state index contributed by atoms with van der Waals surface area (Å²) in [5, 5.41) is 8.52. The van der Waals surface area contributed by atoms with Gasteiger partial charge in [0.2, 0.25) is 5.69 Å². The Morgan fingerprint density at radius 3 is 2.23 bits per heavy atom. The smallest absolute Gasteiger partial charge is 0.200 e. The Balaban J connectivity index is 1.53. The van der Waals surface area contributed by atoms with Gasteiger partial charge in [-0.15, -0.1) is 0 Å². The Kier molecular flexibility index (Phi) is 6.97. The summed E-state index contributed by atoms with van der Waals surface area (Å²) in [5.41, 5.74) is 9.22. The van der Waals surface area contributed by atoms with E-state index in [0.29, 0.717) is 5.92 Å². The van der Waals surface area contributed by atoms with Gasteiger partial charge < -0.3 is 0 Å². The van der Waals surface area contributed by atoms with Crippen LogP contribution in [0.5, 0.6) is 0 Å². The third kappa shape index (κ3) is 5.18. The van der Waals surface area contributed by atoms with E-state index in [-0.39, 0.29) is 10.8 Å². The van der Waals surface area contributed by atoms with Crippen molar-refractivity contribution in [2.75, 3.05) is 0 Å². The van der Waals surface area contributed by atoms with Gasteiger partial charge in [0.25, 0.3) is 0 Å². The van der Waals surface area contributed by atoms with E-state index in [1.54, 1.807) is 5.56 Å². The van der Waals surface area contributed by atoms with Crippen LogP contribution in [0.15, 0.2) is 64.5 Å². The number of benzene rings is 4. The second-order valence-electron chi connectivity index (χ2n) is 16.0. The van der Waals surface area contributed by atoms with Gasteiger partial charge in [-0.3, -0.25) is 0 Å². The first-order valence-electron chi connectivity index (χ1n) is 16.5. The molecule has 0 amide bonds. The van der Waals surface area contributed by atoms with Gasteiger partial charge in [-0.2, -0.15) is 0 Å². The van der Waals surface area contributed by atoms with Gasteiger partial charge in [0.05, 0.1) is 10.9 Å². The van der Waals surface area contributed by atoms with Gasteiger partial charge in [0, 0.05) is 21.2 Å². The van der Waals surface area contributed by atoms with E-state index in [0.717, 1.165) is 12.8 Å². The summed E-state index contributed by atoms with van der Waals surface area (Å²) in [6, 6.07) is 19.6. The van der Waals surface area contributed by atoms with Crippen molar-refractivity contribution in [1.82, 2.24) is 0 Å². The molecule has 0 N–H and O–H groups in total. The van der Waals surface area contributed by atoms with Gasteiger partial charge in [-0.25, -0.2) is 4.57 Å². The largest absolute Gasteiger partial charge is 0.222 e. The van der Waals surface area contributed by atoms with Crippen LogP contribution >= 0.6 is 11.8 Å². The molecule has 5 aromatic rings. The molecule has 0 radical (unpaired) electrons. The zero-order valence-corrected chi connectivity index (χ0v) is 28.4. The third-order valence-corrected chi connectivity index (χ3v) is 11.1. The first-order valence-corrected chi connectivity index (χ1v) is 17.3. The molecule has 1 aliphatic carbocycles. The average Bonchev–Trinajstić information content (AvgIpc) is 2.95. The van der Waals surface area contributed by atoms with Crippen molar-refractivity contribution in [2.45, 2.75) is 109 Å². The lowest BCUT2D eigenvalue weighted by atomic mass is 9.81. The molecule has 0 bridgehead atoms. The maximum absolute atomic E-state index is 2.55. The third-order valence-electron chi connectivity index (χ3n) is 9.88. The standard InChI is InChI=1S/C41H48NS/c1-25-32-20-26(23-40(2,3)4)14-17-30(32)34(24-41(5,6)7)39-36(25)38-37-31(18-19-42(38)8)33-21-28(27-12-10-9-11-13-27)15-16-29(33)22-35(37)43-39/h14-22,27H,9-13,23-24H2,1-8H3/q+1. The first-order chi connectivity index (χ1) is 20.4. The first kappa shape index (κ1) is 28.9. The molecule has 1 nitrogen and oxygen atoms in total. The second kappa shape index (κ2) is 10.4. The van der Waals surface area contributed by atoms with Gasteiger partial charge in [0.1, 0.15) is 7.05 Å². The molecule has 4 aromatic carbocycles. The predicted octanol–water partition coefficient (Wildman–Crippen LogP) is 11.6. The minimum Gasteiger partial charge on any atom is -0.200 e. The highest BCUT2D eigenvalue weighted by molar-refractivity contribution is 8.00. The van der Waals surface area contributed by atoms with Crippen molar-refractivity contribution in [3.63, 3.8) is 0 Å². The van der Waals surface area contributed by atoms with E-state index >= 15 is 0 Å². The summed E-state index contributed by atoms with van der Waals surface area (Å²) in [6.07, 6.45) is 11.3. The number of fused-ring (bicyclic) bond motifs is 5. The van der Waals surface area contributed by atoms with Gasteiger partial charge in [0.15, 0.2) is 6.20 Å². The second-order valence-corrected chi connectivity index (χ2v) is 17.1. The molecule has 2 heterocycles. The van der Waals surface area contributed by atoms with Crippen molar-refractivity contribution in [3.8, 4) is 11.3 Å². The van der Waals surface area contributed by atoms with Crippen LogP contribution in [0.3, 0.4) is 0 Å². The molecule has 1 fully saturated rings. The van der Waals surface area contributed by atoms with Crippen LogP contribution in [0.25, 0.3) is 43.6 Å². The number of rotatable bonds is 3. The fraction of sp³-hybridized carbons (Fsp3) is 0.439. The lowest BCUT2D eigenvalue weighted by Crippen LogP contribution is -2.32. The Bertz CT molecular complexity index is 1910. The van der Waals surface area contributed by atoms with Gasteiger partial charge >= 0.3 is 0 Å². The highest BCUT2D eigenvalue weighted by atomic mass is 32.2. The van der Waals surface area contributed by atoms with E-state index in [1.165, 1.54) is 102 Å². The number of nitrogens with zero attached hydrogens (tertiary/aromatic N) is 1. The van der Waals surface area contributed by atoms with E-state index in [1.807, 2.05) is 11.8 Å². The molecule has 2 aliphatic rings. The molecular formula is C41H48NS+. The molecule has 0 atom stereocenters. The molecule has 222 valence electrons. The number of hydrogen-bond acceptors (Lipinski definition) is 1. The summed E-state index contributed by atoms with van der Waals surface area (Å²) < 4.78 is 2.40. The maximum Gasteiger partial charge on any atom is 0.222 e. The lowest BCUT2D eigenvalue weighted by Gasteiger charge is -2.28. The van der Waals surface area contributed by atoms with Gasteiger partial charge in [-0.05, 0) is 99.2 Å². The summed E-state index contributed by atoms with van der Waals surface area (Å²) in [7, 11) is 2.25. The van der Waals surface area contributed by atoms with Crippen molar-refractivity contribution < 1.29 is 4.57 Å². The van der Waals surface area contributed by atoms with Gasteiger partial charge in [-0.1, -0.05) is 109 Å². The molecule has 0 saturated heterocycles. The van der Waals surface area contributed by atoms with Crippen LogP contribution in [0.1, 0.15) is 102 Å². The van der Waals surface area contributed by atoms with Crippen LogP contribution in [0, 0.1) is 17.8 Å². The molecule has 1 aromatic heterocycles. The SMILES string of the molecule is Cc1c2c(c(CC(C)(C)C)c3ccc(CC(C)(C)C)cc13)Sc1cc3ccc(C4CCCCC4)cc3c3cc[n+](C)c-2c13. The molecular weight excluding hydrogens is 539 g/mol. The highest BCUT2D eigenvalue weighted by Gasteiger charge is 2.33. The summed E-state index contributed by atoms with van der Waals surface area (Å²) in [5.74, 6) is 0.714. The Morgan fingerprint density at radius 1 is 0.767 bits per heavy atom. The topological polar surface area (TPSA) is 3.88 Å². The van der Waals surface area contributed by atoms with Crippen molar-refractivity contribution in [2.24, 2.45) is 17.9 Å². The Labute approximate surface area is 263 Å².